The Morgan fingerprint density at radius 3 is 1.78 bits per heavy atom. The fourth-order valence-electron chi connectivity index (χ4n) is 5.08. The van der Waals surface area contributed by atoms with Crippen molar-refractivity contribution in [2.45, 2.75) is 167 Å². The summed E-state index contributed by atoms with van der Waals surface area (Å²) in [7, 11) is -4.35. The molecule has 49 heavy (non-hydrogen) atoms. The highest BCUT2D eigenvalue weighted by Crippen LogP contribution is 2.43. The highest BCUT2D eigenvalue weighted by molar-refractivity contribution is 7.47. The lowest BCUT2D eigenvalue weighted by Crippen LogP contribution is -2.45. The predicted octanol–water partition coefficient (Wildman–Crippen LogP) is 10.3. The third-order valence-corrected chi connectivity index (χ3v) is 9.01. The van der Waals surface area contributed by atoms with Crippen molar-refractivity contribution in [3.63, 3.8) is 0 Å². The second kappa shape index (κ2) is 36.0. The molecule has 3 atom stereocenters. The maximum atomic E-state index is 12.7. The monoisotopic (exact) mass is 709 g/mol. The minimum Gasteiger partial charge on any atom is -0.387 e. The van der Waals surface area contributed by atoms with Gasteiger partial charge in [-0.05, 0) is 70.6 Å². The number of hydrogen-bond donors (Lipinski definition) is 4. The first-order chi connectivity index (χ1) is 23.9. The Morgan fingerprint density at radius 1 is 0.673 bits per heavy atom. The summed E-state index contributed by atoms with van der Waals surface area (Å²) in [4.78, 5) is 22.6. The van der Waals surface area contributed by atoms with Crippen LogP contribution in [-0.4, -0.2) is 47.8 Å². The number of nitrogens with one attached hydrogen (secondary N) is 1. The largest absolute Gasteiger partial charge is 0.472 e. The number of carbonyl (C=O) groups is 1. The molecule has 3 unspecified atom stereocenters. The average molecular weight is 709 g/mol. The van der Waals surface area contributed by atoms with Gasteiger partial charge in [-0.2, -0.15) is 0 Å². The number of rotatable bonds is 35. The molecule has 0 radical (unpaired) electrons. The normalized spacial score (nSPS) is 15.0. The number of unbranched alkanes of at least 4 members (excludes halogenated alkanes) is 15. The van der Waals surface area contributed by atoms with Crippen molar-refractivity contribution in [3.05, 3.63) is 60.8 Å². The van der Waals surface area contributed by atoms with E-state index in [1.807, 2.05) is 6.08 Å². The van der Waals surface area contributed by atoms with Gasteiger partial charge in [-0.15, -0.1) is 0 Å². The van der Waals surface area contributed by atoms with E-state index in [-0.39, 0.29) is 25.7 Å². The number of aliphatic hydroxyl groups is 1. The van der Waals surface area contributed by atoms with E-state index < -0.39 is 20.0 Å². The van der Waals surface area contributed by atoms with Crippen LogP contribution in [0.5, 0.6) is 0 Å². The van der Waals surface area contributed by atoms with Gasteiger partial charge in [0.2, 0.25) is 5.91 Å². The minimum atomic E-state index is -4.35. The first-order valence-electron chi connectivity index (χ1n) is 19.4. The fraction of sp³-hybridized carbons (Fsp3) is 0.725. The second-order valence-corrected chi connectivity index (χ2v) is 14.2. The first-order valence-corrected chi connectivity index (χ1v) is 20.9. The van der Waals surface area contributed by atoms with Crippen LogP contribution in [0.1, 0.15) is 155 Å². The molecule has 0 aliphatic heterocycles. The van der Waals surface area contributed by atoms with Crippen molar-refractivity contribution < 1.29 is 28.4 Å². The molecule has 0 aromatic carbocycles. The van der Waals surface area contributed by atoms with Crippen LogP contribution in [0.2, 0.25) is 0 Å². The third kappa shape index (κ3) is 34.4. The van der Waals surface area contributed by atoms with Crippen molar-refractivity contribution >= 4 is 13.7 Å². The molecular weight excluding hydrogens is 635 g/mol. The molecule has 5 N–H and O–H groups in total. The van der Waals surface area contributed by atoms with Gasteiger partial charge in [0.25, 0.3) is 0 Å². The minimum absolute atomic E-state index is 0.0668. The van der Waals surface area contributed by atoms with E-state index in [1.165, 1.54) is 57.8 Å². The van der Waals surface area contributed by atoms with E-state index in [9.17, 15) is 19.4 Å². The molecule has 0 aliphatic rings. The molecule has 0 rings (SSSR count). The predicted molar refractivity (Wildman–Crippen MR) is 207 cm³/mol. The summed E-state index contributed by atoms with van der Waals surface area (Å²) in [5.74, 6) is -0.227. The molecule has 0 aromatic heterocycles. The molecule has 8 nitrogen and oxygen atoms in total. The smallest absolute Gasteiger partial charge is 0.387 e. The van der Waals surface area contributed by atoms with Crippen LogP contribution in [0.4, 0.5) is 0 Å². The highest BCUT2D eigenvalue weighted by Gasteiger charge is 2.26. The molecule has 0 heterocycles. The molecule has 9 heteroatoms. The molecule has 0 saturated carbocycles. The van der Waals surface area contributed by atoms with Crippen LogP contribution in [0.25, 0.3) is 0 Å². The molecule has 0 saturated heterocycles. The van der Waals surface area contributed by atoms with Crippen LogP contribution >= 0.6 is 7.82 Å². The fourth-order valence-corrected chi connectivity index (χ4v) is 5.84. The molecule has 0 aliphatic carbocycles. The summed E-state index contributed by atoms with van der Waals surface area (Å²) in [5, 5.41) is 13.6. The lowest BCUT2D eigenvalue weighted by atomic mass is 10.1. The Hall–Kier alpha value is -1.80. The van der Waals surface area contributed by atoms with Crippen LogP contribution in [0, 0.1) is 0 Å². The summed E-state index contributed by atoms with van der Waals surface area (Å²) >= 11 is 0. The number of allylic oxidation sites excluding steroid dienone is 9. The standard InChI is InChI=1S/C40H73N2O6P/c1-3-5-7-9-11-13-15-17-18-19-20-22-23-25-27-29-31-33-39(43)38(37-48-49(45,46)47-36-35-41)42-40(44)34-32-30-28-26-24-21-16-14-12-10-8-6-4-2/h8,10,14,16,18-19,23,25,31,33,38-39,43H,3-7,9,11-13,15,17,20-22,24,26-30,32,34-37,41H2,1-2H3,(H,42,44)(H,45,46)/b10-8-,16-14-,19-18+,25-23+,33-31+. The average Bonchev–Trinajstić information content (AvgIpc) is 3.09. The van der Waals surface area contributed by atoms with Crippen molar-refractivity contribution in [2.24, 2.45) is 5.73 Å². The van der Waals surface area contributed by atoms with E-state index >= 15 is 0 Å². The lowest BCUT2D eigenvalue weighted by Gasteiger charge is -2.23. The Bertz CT molecular complexity index is 949. The number of carbonyl (C=O) groups excluding carboxylic acids is 1. The van der Waals surface area contributed by atoms with Crippen LogP contribution in [-0.2, 0) is 18.4 Å². The maximum Gasteiger partial charge on any atom is 0.472 e. The number of phosphoric acid groups is 1. The molecule has 284 valence electrons. The molecule has 0 aromatic rings. The van der Waals surface area contributed by atoms with Gasteiger partial charge < -0.3 is 21.1 Å². The number of hydrogen-bond acceptors (Lipinski definition) is 6. The Kier molecular flexibility index (Phi) is 34.7. The molecule has 0 bridgehead atoms. The number of nitrogens with two attached hydrogens (primary N) is 1. The van der Waals surface area contributed by atoms with Crippen LogP contribution in [0.3, 0.4) is 0 Å². The Morgan fingerprint density at radius 2 is 1.18 bits per heavy atom. The summed E-state index contributed by atoms with van der Waals surface area (Å²) in [6.45, 7) is 3.99. The topological polar surface area (TPSA) is 131 Å². The second-order valence-electron chi connectivity index (χ2n) is 12.8. The van der Waals surface area contributed by atoms with E-state index in [1.54, 1.807) is 6.08 Å². The zero-order valence-corrected chi connectivity index (χ0v) is 32.1. The summed E-state index contributed by atoms with van der Waals surface area (Å²) in [6.07, 6.45) is 44.1. The summed E-state index contributed by atoms with van der Waals surface area (Å²) in [6, 6.07) is -0.891. The van der Waals surface area contributed by atoms with E-state index in [0.29, 0.717) is 6.42 Å². The van der Waals surface area contributed by atoms with Crippen molar-refractivity contribution in [1.29, 1.82) is 0 Å². The van der Waals surface area contributed by atoms with Gasteiger partial charge in [0.15, 0.2) is 0 Å². The van der Waals surface area contributed by atoms with Gasteiger partial charge >= 0.3 is 7.82 Å². The number of amides is 1. The molecule has 1 amide bonds. The SMILES string of the molecule is CCC/C=C\C/C=C\CCCCCCCC(=O)NC(COP(=O)(O)OCCN)C(O)/C=C/CC/C=C/CC/C=C/CCCCCCCCC. The molecule has 0 fully saturated rings. The van der Waals surface area contributed by atoms with Crippen molar-refractivity contribution in [3.8, 4) is 0 Å². The van der Waals surface area contributed by atoms with Crippen molar-refractivity contribution in [1.82, 2.24) is 5.32 Å². The number of phosphoric ester groups is 1. The van der Waals surface area contributed by atoms with Gasteiger partial charge in [0.05, 0.1) is 25.4 Å². The third-order valence-electron chi connectivity index (χ3n) is 8.02. The van der Waals surface area contributed by atoms with Crippen molar-refractivity contribution in [2.75, 3.05) is 19.8 Å². The summed E-state index contributed by atoms with van der Waals surface area (Å²) in [5.41, 5.74) is 5.35. The number of aliphatic hydroxyl groups excluding tert-OH is 1. The van der Waals surface area contributed by atoms with Gasteiger partial charge in [-0.3, -0.25) is 13.8 Å². The van der Waals surface area contributed by atoms with Crippen LogP contribution in [0.15, 0.2) is 60.8 Å². The van der Waals surface area contributed by atoms with E-state index in [4.69, 9.17) is 14.8 Å². The lowest BCUT2D eigenvalue weighted by molar-refractivity contribution is -0.123. The highest BCUT2D eigenvalue weighted by atomic mass is 31.2. The molecular formula is C40H73N2O6P. The molecule has 0 spiro atoms. The maximum absolute atomic E-state index is 12.7. The van der Waals surface area contributed by atoms with Gasteiger partial charge in [0, 0.05) is 13.0 Å². The zero-order chi connectivity index (χ0) is 36.1. The van der Waals surface area contributed by atoms with Crippen LogP contribution < -0.4 is 11.1 Å². The zero-order valence-electron chi connectivity index (χ0n) is 31.2. The Balaban J connectivity index is 4.42. The summed E-state index contributed by atoms with van der Waals surface area (Å²) < 4.78 is 22.0. The van der Waals surface area contributed by atoms with E-state index in [0.717, 1.165) is 77.0 Å². The Labute approximate surface area is 300 Å². The van der Waals surface area contributed by atoms with E-state index in [2.05, 4.69) is 67.8 Å². The first kappa shape index (κ1) is 47.2. The van der Waals surface area contributed by atoms with Gasteiger partial charge in [-0.25, -0.2) is 4.57 Å². The van der Waals surface area contributed by atoms with Gasteiger partial charge in [0.1, 0.15) is 0 Å². The quantitative estimate of drug-likeness (QED) is 0.0293. The van der Waals surface area contributed by atoms with Gasteiger partial charge in [-0.1, -0.05) is 139 Å².